The molecular formula is C13H14IN5O. The van der Waals surface area contributed by atoms with E-state index < -0.39 is 0 Å². The summed E-state index contributed by atoms with van der Waals surface area (Å²) in [7, 11) is 1.70. The van der Waals surface area contributed by atoms with E-state index in [2.05, 4.69) is 37.1 Å². The predicted molar refractivity (Wildman–Crippen MR) is 88.5 cm³/mol. The lowest BCUT2D eigenvalue weighted by Crippen LogP contribution is -2.04. The minimum Gasteiger partial charge on any atom is -0.383 e. The second-order valence-corrected chi connectivity index (χ2v) is 5.65. The van der Waals surface area contributed by atoms with Gasteiger partial charge >= 0.3 is 0 Å². The van der Waals surface area contributed by atoms with Gasteiger partial charge in [-0.25, -0.2) is 4.98 Å². The second kappa shape index (κ2) is 5.06. The lowest BCUT2D eigenvalue weighted by Gasteiger charge is -2.09. The van der Waals surface area contributed by atoms with Crippen LogP contribution < -0.4 is 11.5 Å². The monoisotopic (exact) mass is 383 g/mol. The number of benzene rings is 1. The van der Waals surface area contributed by atoms with Crippen molar-refractivity contribution in [1.29, 1.82) is 0 Å². The van der Waals surface area contributed by atoms with Crippen molar-refractivity contribution in [1.82, 2.24) is 14.5 Å². The summed E-state index contributed by atoms with van der Waals surface area (Å²) in [5, 5.41) is 1.89. The van der Waals surface area contributed by atoms with Crippen LogP contribution in [-0.4, -0.2) is 28.3 Å². The fraction of sp³-hybridized carbons (Fsp3) is 0.231. The number of halogens is 1. The lowest BCUT2D eigenvalue weighted by molar-refractivity contribution is 0.188. The molecular weight excluding hydrogens is 369 g/mol. The Morgan fingerprint density at radius 2 is 2.15 bits per heavy atom. The Morgan fingerprint density at radius 1 is 1.35 bits per heavy atom. The van der Waals surface area contributed by atoms with Gasteiger partial charge in [-0.05, 0) is 34.7 Å². The quantitative estimate of drug-likeness (QED) is 0.675. The zero-order valence-electron chi connectivity index (χ0n) is 10.9. The van der Waals surface area contributed by atoms with Crippen molar-refractivity contribution in [3.05, 3.63) is 21.9 Å². The number of ether oxygens (including phenoxy) is 1. The van der Waals surface area contributed by atoms with Gasteiger partial charge in [0.2, 0.25) is 5.95 Å². The molecule has 0 bridgehead atoms. The van der Waals surface area contributed by atoms with Crippen LogP contribution in [0.15, 0.2) is 18.3 Å². The molecule has 0 amide bonds. The highest BCUT2D eigenvalue weighted by Gasteiger charge is 2.13. The molecule has 0 aliphatic heterocycles. The van der Waals surface area contributed by atoms with Crippen molar-refractivity contribution in [2.45, 2.75) is 6.54 Å². The molecule has 0 unspecified atom stereocenters. The van der Waals surface area contributed by atoms with Gasteiger partial charge in [-0.1, -0.05) is 0 Å². The lowest BCUT2D eigenvalue weighted by atomic mass is 10.1. The van der Waals surface area contributed by atoms with Gasteiger partial charge in [0.05, 0.1) is 23.0 Å². The third kappa shape index (κ3) is 2.06. The predicted octanol–water partition coefficient (Wildman–Crippen LogP) is 2.00. The van der Waals surface area contributed by atoms with E-state index in [0.29, 0.717) is 12.4 Å². The van der Waals surface area contributed by atoms with E-state index in [1.54, 1.807) is 7.11 Å². The Bertz CT molecular complexity index is 798. The van der Waals surface area contributed by atoms with Crippen LogP contribution in [-0.2, 0) is 11.3 Å². The van der Waals surface area contributed by atoms with Gasteiger partial charge in [0.25, 0.3) is 0 Å². The van der Waals surface area contributed by atoms with E-state index in [1.165, 1.54) is 0 Å². The maximum Gasteiger partial charge on any atom is 0.222 e. The highest BCUT2D eigenvalue weighted by atomic mass is 127. The number of hydrogen-bond donors (Lipinski definition) is 2. The van der Waals surface area contributed by atoms with Gasteiger partial charge in [-0.2, -0.15) is 4.98 Å². The molecule has 0 saturated carbocycles. The number of hydrogen-bond acceptors (Lipinski definition) is 5. The average molecular weight is 383 g/mol. The number of aromatic nitrogens is 3. The fourth-order valence-electron chi connectivity index (χ4n) is 2.40. The molecule has 0 fully saturated rings. The van der Waals surface area contributed by atoms with Crippen molar-refractivity contribution in [2.24, 2.45) is 0 Å². The molecule has 6 nitrogen and oxygen atoms in total. The molecule has 1 aromatic carbocycles. The molecule has 2 heterocycles. The Balaban J connectivity index is 2.34. The topological polar surface area (TPSA) is 92.0 Å². The highest BCUT2D eigenvalue weighted by molar-refractivity contribution is 14.1. The van der Waals surface area contributed by atoms with Crippen LogP contribution in [0.2, 0.25) is 0 Å². The van der Waals surface area contributed by atoms with E-state index in [1.807, 2.05) is 18.3 Å². The first-order valence-electron chi connectivity index (χ1n) is 6.11. The first kappa shape index (κ1) is 13.4. The zero-order valence-corrected chi connectivity index (χ0v) is 13.1. The first-order chi connectivity index (χ1) is 9.61. The normalized spacial score (nSPS) is 11.5. The zero-order chi connectivity index (χ0) is 14.3. The van der Waals surface area contributed by atoms with Crippen LogP contribution in [0.1, 0.15) is 0 Å². The minimum absolute atomic E-state index is 0.198. The van der Waals surface area contributed by atoms with E-state index in [0.717, 1.165) is 31.9 Å². The molecule has 20 heavy (non-hydrogen) atoms. The van der Waals surface area contributed by atoms with Crippen LogP contribution in [0.5, 0.6) is 0 Å². The molecule has 4 N–H and O–H groups in total. The number of nitrogen functional groups attached to an aromatic ring is 2. The number of rotatable bonds is 3. The van der Waals surface area contributed by atoms with Crippen LogP contribution in [0.25, 0.3) is 21.8 Å². The van der Waals surface area contributed by atoms with Gasteiger partial charge < -0.3 is 20.8 Å². The number of nitrogens with two attached hydrogens (primary N) is 2. The molecule has 0 spiro atoms. The maximum absolute atomic E-state index is 6.02. The summed E-state index contributed by atoms with van der Waals surface area (Å²) in [5.41, 5.74) is 13.6. The Kier molecular flexibility index (Phi) is 3.38. The minimum atomic E-state index is 0.198. The van der Waals surface area contributed by atoms with Crippen LogP contribution in [0, 0.1) is 3.57 Å². The van der Waals surface area contributed by atoms with E-state index in [-0.39, 0.29) is 5.95 Å². The molecule has 0 atom stereocenters. The van der Waals surface area contributed by atoms with Gasteiger partial charge in [0.1, 0.15) is 5.82 Å². The molecule has 3 aromatic rings. The van der Waals surface area contributed by atoms with Crippen LogP contribution in [0.4, 0.5) is 11.8 Å². The number of fused-ring (bicyclic) bond motifs is 3. The molecule has 0 radical (unpaired) electrons. The fourth-order valence-corrected chi connectivity index (χ4v) is 3.30. The van der Waals surface area contributed by atoms with Gasteiger partial charge in [-0.3, -0.25) is 0 Å². The van der Waals surface area contributed by atoms with Gasteiger partial charge in [-0.15, -0.1) is 0 Å². The smallest absolute Gasteiger partial charge is 0.222 e. The molecule has 7 heteroatoms. The summed E-state index contributed by atoms with van der Waals surface area (Å²) in [6, 6.07) is 4.02. The molecule has 2 aromatic heterocycles. The first-order valence-corrected chi connectivity index (χ1v) is 7.18. The highest BCUT2D eigenvalue weighted by Crippen LogP contribution is 2.32. The summed E-state index contributed by atoms with van der Waals surface area (Å²) in [4.78, 5) is 8.33. The Hall–Kier alpha value is -1.61. The van der Waals surface area contributed by atoms with Crippen LogP contribution >= 0.6 is 22.6 Å². The Morgan fingerprint density at radius 3 is 2.90 bits per heavy atom. The van der Waals surface area contributed by atoms with Crippen molar-refractivity contribution < 1.29 is 4.74 Å². The standard InChI is InChI=1S/C13H14IN5O/c1-20-5-4-19-3-2-7-10-9(6-8(14)11(7)19)17-13(16)18-12(10)15/h2-3,6H,4-5H2,1H3,(H4,15,16,17,18). The number of methoxy groups -OCH3 is 1. The van der Waals surface area contributed by atoms with E-state index >= 15 is 0 Å². The van der Waals surface area contributed by atoms with E-state index in [4.69, 9.17) is 16.2 Å². The third-order valence-electron chi connectivity index (χ3n) is 3.24. The molecule has 0 aliphatic carbocycles. The molecule has 104 valence electrons. The molecule has 3 rings (SSSR count). The van der Waals surface area contributed by atoms with Crippen molar-refractivity contribution >= 4 is 56.2 Å². The van der Waals surface area contributed by atoms with Crippen molar-refractivity contribution in [3.63, 3.8) is 0 Å². The summed E-state index contributed by atoms with van der Waals surface area (Å²) in [6.07, 6.45) is 2.03. The summed E-state index contributed by atoms with van der Waals surface area (Å²) >= 11 is 2.30. The van der Waals surface area contributed by atoms with Crippen LogP contribution in [0.3, 0.4) is 0 Å². The number of nitrogens with zero attached hydrogens (tertiary/aromatic N) is 3. The van der Waals surface area contributed by atoms with Gasteiger partial charge in [0.15, 0.2) is 0 Å². The van der Waals surface area contributed by atoms with Crippen molar-refractivity contribution in [2.75, 3.05) is 25.2 Å². The van der Waals surface area contributed by atoms with E-state index in [9.17, 15) is 0 Å². The largest absolute Gasteiger partial charge is 0.383 e. The Labute approximate surface area is 129 Å². The summed E-state index contributed by atoms with van der Waals surface area (Å²) < 4.78 is 8.39. The average Bonchev–Trinajstić information content (AvgIpc) is 2.79. The summed E-state index contributed by atoms with van der Waals surface area (Å²) in [5.74, 6) is 0.613. The maximum atomic E-state index is 6.02. The van der Waals surface area contributed by atoms with Crippen molar-refractivity contribution in [3.8, 4) is 0 Å². The molecule has 0 aliphatic rings. The number of anilines is 2. The van der Waals surface area contributed by atoms with Gasteiger partial charge in [0, 0.05) is 28.8 Å². The molecule has 0 saturated heterocycles. The summed E-state index contributed by atoms with van der Waals surface area (Å²) in [6.45, 7) is 1.45. The third-order valence-corrected chi connectivity index (χ3v) is 4.06. The SMILES string of the molecule is COCCn1ccc2c3c(N)nc(N)nc3cc(I)c21. The second-order valence-electron chi connectivity index (χ2n) is 4.48.